The standard InChI is InChI=1S/C24H30N4O4S2/c1-17-7-12-20-22(16-17)33-24(25-20)27(15-14-26(2)3)23(29)21-6-5-13-28(21)34(30,31)19-10-8-18(32-4)9-11-19/h7-12,16,21H,5-6,13-15H2,1-4H3. The largest absolute Gasteiger partial charge is 0.497 e. The maximum absolute atomic E-state index is 13.8. The van der Waals surface area contributed by atoms with Crippen molar-refractivity contribution in [3.05, 3.63) is 48.0 Å². The highest BCUT2D eigenvalue weighted by Gasteiger charge is 2.42. The summed E-state index contributed by atoms with van der Waals surface area (Å²) in [4.78, 5) is 22.4. The summed E-state index contributed by atoms with van der Waals surface area (Å²) in [5.74, 6) is 0.348. The van der Waals surface area contributed by atoms with Gasteiger partial charge in [-0.1, -0.05) is 17.4 Å². The summed E-state index contributed by atoms with van der Waals surface area (Å²) in [5.41, 5.74) is 1.96. The number of carbonyl (C=O) groups is 1. The number of methoxy groups -OCH3 is 1. The number of rotatable bonds is 8. The topological polar surface area (TPSA) is 83.0 Å². The molecule has 4 rings (SSSR count). The van der Waals surface area contributed by atoms with Crippen LogP contribution in [0.3, 0.4) is 0 Å². The fourth-order valence-corrected chi connectivity index (χ4v) is 6.82. The highest BCUT2D eigenvalue weighted by Crippen LogP contribution is 2.33. The molecule has 8 nitrogen and oxygen atoms in total. The van der Waals surface area contributed by atoms with Crippen molar-refractivity contribution in [3.8, 4) is 5.75 Å². The first-order valence-corrected chi connectivity index (χ1v) is 13.5. The lowest BCUT2D eigenvalue weighted by molar-refractivity contribution is -0.121. The fourth-order valence-electron chi connectivity index (χ4n) is 4.07. The summed E-state index contributed by atoms with van der Waals surface area (Å²) < 4.78 is 34.4. The molecule has 1 unspecified atom stereocenters. The molecule has 1 aromatic heterocycles. The quantitative estimate of drug-likeness (QED) is 0.470. The number of nitrogens with zero attached hydrogens (tertiary/aromatic N) is 4. The second-order valence-corrected chi connectivity index (χ2v) is 11.6. The van der Waals surface area contributed by atoms with Crippen LogP contribution in [0.25, 0.3) is 10.2 Å². The first-order chi connectivity index (χ1) is 16.2. The van der Waals surface area contributed by atoms with Gasteiger partial charge in [-0.3, -0.25) is 9.69 Å². The summed E-state index contributed by atoms with van der Waals surface area (Å²) in [6.07, 6.45) is 1.11. The summed E-state index contributed by atoms with van der Waals surface area (Å²) in [7, 11) is 1.59. The van der Waals surface area contributed by atoms with Gasteiger partial charge in [0, 0.05) is 19.6 Å². The Balaban J connectivity index is 1.66. The minimum atomic E-state index is -3.83. The smallest absolute Gasteiger partial charge is 0.247 e. The van der Waals surface area contributed by atoms with Crippen LogP contribution < -0.4 is 9.64 Å². The van der Waals surface area contributed by atoms with E-state index in [0.29, 0.717) is 43.4 Å². The van der Waals surface area contributed by atoms with Gasteiger partial charge < -0.3 is 9.64 Å². The van der Waals surface area contributed by atoms with Crippen molar-refractivity contribution < 1.29 is 17.9 Å². The van der Waals surface area contributed by atoms with E-state index in [9.17, 15) is 13.2 Å². The first kappa shape index (κ1) is 24.6. The van der Waals surface area contributed by atoms with Crippen LogP contribution in [0.5, 0.6) is 5.75 Å². The van der Waals surface area contributed by atoms with E-state index < -0.39 is 16.1 Å². The molecule has 1 aliphatic rings. The van der Waals surface area contributed by atoms with E-state index in [4.69, 9.17) is 9.72 Å². The summed E-state index contributed by atoms with van der Waals surface area (Å²) in [6, 6.07) is 11.5. The van der Waals surface area contributed by atoms with Crippen molar-refractivity contribution in [2.45, 2.75) is 30.7 Å². The second kappa shape index (κ2) is 9.99. The lowest BCUT2D eigenvalue weighted by Gasteiger charge is -2.29. The van der Waals surface area contributed by atoms with Crippen LogP contribution in [0.15, 0.2) is 47.4 Å². The normalized spacial score (nSPS) is 16.9. The Morgan fingerprint density at radius 1 is 1.18 bits per heavy atom. The van der Waals surface area contributed by atoms with Gasteiger partial charge in [0.2, 0.25) is 15.9 Å². The Labute approximate surface area is 204 Å². The fraction of sp³-hybridized carbons (Fsp3) is 0.417. The number of ether oxygens (including phenoxy) is 1. The number of thiazole rings is 1. The van der Waals surface area contributed by atoms with Crippen molar-refractivity contribution in [2.24, 2.45) is 0 Å². The zero-order valence-corrected chi connectivity index (χ0v) is 21.5. The monoisotopic (exact) mass is 502 g/mol. The molecule has 1 saturated heterocycles. The Hall–Kier alpha value is -2.53. The van der Waals surface area contributed by atoms with Crippen molar-refractivity contribution in [2.75, 3.05) is 45.7 Å². The van der Waals surface area contributed by atoms with Crippen molar-refractivity contribution in [3.63, 3.8) is 0 Å². The maximum Gasteiger partial charge on any atom is 0.247 e. The van der Waals surface area contributed by atoms with Crippen LogP contribution in [-0.2, 0) is 14.8 Å². The molecule has 1 amide bonds. The predicted molar refractivity (Wildman–Crippen MR) is 135 cm³/mol. The van der Waals surface area contributed by atoms with Crippen LogP contribution in [0.1, 0.15) is 18.4 Å². The molecule has 0 aliphatic carbocycles. The van der Waals surface area contributed by atoms with Gasteiger partial charge in [0.15, 0.2) is 5.13 Å². The van der Waals surface area contributed by atoms with E-state index in [1.54, 1.807) is 17.0 Å². The highest BCUT2D eigenvalue weighted by atomic mass is 32.2. The van der Waals surface area contributed by atoms with Gasteiger partial charge in [0.1, 0.15) is 11.8 Å². The number of amides is 1. The zero-order chi connectivity index (χ0) is 24.5. The van der Waals surface area contributed by atoms with E-state index in [-0.39, 0.29) is 10.8 Å². The number of aromatic nitrogens is 1. The molecule has 1 fully saturated rings. The molecule has 1 atom stereocenters. The maximum atomic E-state index is 13.8. The van der Waals surface area contributed by atoms with Gasteiger partial charge in [0.25, 0.3) is 0 Å². The Bertz CT molecular complexity index is 1270. The van der Waals surface area contributed by atoms with E-state index in [1.165, 1.54) is 34.9 Å². The third-order valence-electron chi connectivity index (χ3n) is 5.96. The van der Waals surface area contributed by atoms with E-state index in [0.717, 1.165) is 15.8 Å². The number of likely N-dealkylation sites (N-methyl/N-ethyl adjacent to an activating group) is 1. The number of fused-ring (bicyclic) bond motifs is 1. The molecule has 3 aromatic rings. The second-order valence-electron chi connectivity index (χ2n) is 8.71. The molecule has 34 heavy (non-hydrogen) atoms. The van der Waals surface area contributed by atoms with Gasteiger partial charge in [-0.2, -0.15) is 4.31 Å². The van der Waals surface area contributed by atoms with Gasteiger partial charge in [-0.15, -0.1) is 0 Å². The molecule has 0 bridgehead atoms. The number of anilines is 1. The zero-order valence-electron chi connectivity index (χ0n) is 19.9. The number of hydrogen-bond donors (Lipinski definition) is 0. The lowest BCUT2D eigenvalue weighted by atomic mass is 10.2. The third-order valence-corrected chi connectivity index (χ3v) is 8.92. The molecule has 1 aliphatic heterocycles. The molecule has 0 spiro atoms. The van der Waals surface area contributed by atoms with Crippen molar-refractivity contribution in [1.29, 1.82) is 0 Å². The third kappa shape index (κ3) is 4.95. The summed E-state index contributed by atoms with van der Waals surface area (Å²) in [6.45, 7) is 3.40. The van der Waals surface area contributed by atoms with Crippen LogP contribution in [-0.4, -0.2) is 75.4 Å². The highest BCUT2D eigenvalue weighted by molar-refractivity contribution is 7.89. The lowest BCUT2D eigenvalue weighted by Crippen LogP contribution is -2.49. The van der Waals surface area contributed by atoms with Gasteiger partial charge in [-0.05, 0) is 75.8 Å². The molecule has 0 N–H and O–H groups in total. The minimum absolute atomic E-state index is 0.156. The number of sulfonamides is 1. The average Bonchev–Trinajstić information content (AvgIpc) is 3.46. The number of hydrogen-bond acceptors (Lipinski definition) is 7. The van der Waals surface area contributed by atoms with Crippen molar-refractivity contribution in [1.82, 2.24) is 14.2 Å². The SMILES string of the molecule is COc1ccc(S(=O)(=O)N2CCCC2C(=O)N(CCN(C)C)c2nc3ccc(C)cc3s2)cc1. The Morgan fingerprint density at radius 2 is 1.91 bits per heavy atom. The van der Waals surface area contributed by atoms with Crippen LogP contribution >= 0.6 is 11.3 Å². The summed E-state index contributed by atoms with van der Waals surface area (Å²) in [5, 5.41) is 0.598. The molecule has 10 heteroatoms. The van der Waals surface area contributed by atoms with Crippen LogP contribution in [0.2, 0.25) is 0 Å². The van der Waals surface area contributed by atoms with E-state index in [1.807, 2.05) is 38.1 Å². The molecule has 2 heterocycles. The van der Waals surface area contributed by atoms with E-state index >= 15 is 0 Å². The number of carbonyl (C=O) groups excluding carboxylic acids is 1. The molecule has 0 radical (unpaired) electrons. The minimum Gasteiger partial charge on any atom is -0.497 e. The molecule has 0 saturated carbocycles. The number of benzene rings is 2. The molecular weight excluding hydrogens is 472 g/mol. The first-order valence-electron chi connectivity index (χ1n) is 11.2. The summed E-state index contributed by atoms with van der Waals surface area (Å²) >= 11 is 1.46. The van der Waals surface area contributed by atoms with Crippen molar-refractivity contribution >= 4 is 42.6 Å². The van der Waals surface area contributed by atoms with Crippen LogP contribution in [0.4, 0.5) is 5.13 Å². The van der Waals surface area contributed by atoms with Crippen LogP contribution in [0, 0.1) is 6.92 Å². The Morgan fingerprint density at radius 3 is 2.59 bits per heavy atom. The van der Waals surface area contributed by atoms with Gasteiger partial charge in [-0.25, -0.2) is 13.4 Å². The predicted octanol–water partition coefficient (Wildman–Crippen LogP) is 3.36. The molecule has 182 valence electrons. The van der Waals surface area contributed by atoms with Gasteiger partial charge in [0.05, 0.1) is 22.2 Å². The molecular formula is C24H30N4O4S2. The Kier molecular flexibility index (Phi) is 7.22. The average molecular weight is 503 g/mol. The number of aryl methyl sites for hydroxylation is 1. The van der Waals surface area contributed by atoms with E-state index in [2.05, 4.69) is 6.07 Å². The molecule has 2 aromatic carbocycles. The van der Waals surface area contributed by atoms with Gasteiger partial charge >= 0.3 is 0 Å².